The Bertz CT molecular complexity index is 570. The van der Waals surface area contributed by atoms with E-state index in [1.165, 1.54) is 5.56 Å². The first-order chi connectivity index (χ1) is 8.86. The topological polar surface area (TPSA) is 35.2 Å². The van der Waals surface area contributed by atoms with E-state index in [0.29, 0.717) is 16.5 Å². The highest BCUT2D eigenvalue weighted by atomic mass is 35.5. The minimum atomic E-state index is 0.136. The maximum absolute atomic E-state index is 6.08. The van der Waals surface area contributed by atoms with E-state index in [-0.39, 0.29) is 5.41 Å². The Morgan fingerprint density at radius 3 is 2.16 bits per heavy atom. The van der Waals surface area contributed by atoms with E-state index in [0.717, 1.165) is 5.75 Å². The molecular weight excluding hydrogens is 258 g/mol. The number of ether oxygens (including phenoxy) is 1. The molecule has 0 aliphatic heterocycles. The molecule has 3 heteroatoms. The maximum atomic E-state index is 6.08. The Hall–Kier alpha value is -1.67. The van der Waals surface area contributed by atoms with Gasteiger partial charge in [-0.15, -0.1) is 0 Å². The van der Waals surface area contributed by atoms with Crippen molar-refractivity contribution in [3.05, 3.63) is 53.1 Å². The maximum Gasteiger partial charge on any atom is 0.146 e. The van der Waals surface area contributed by atoms with Gasteiger partial charge in [0.1, 0.15) is 11.5 Å². The van der Waals surface area contributed by atoms with Crippen LogP contribution in [0.1, 0.15) is 26.3 Å². The SMILES string of the molecule is CC(C)(C)c1ccc(Oc2ccc(N)cc2Cl)cc1. The first kappa shape index (κ1) is 13.8. The Balaban J connectivity index is 2.20. The zero-order valence-corrected chi connectivity index (χ0v) is 12.2. The fraction of sp³-hybridized carbons (Fsp3) is 0.250. The summed E-state index contributed by atoms with van der Waals surface area (Å²) in [5.74, 6) is 1.37. The summed E-state index contributed by atoms with van der Waals surface area (Å²) in [6.07, 6.45) is 0. The second kappa shape index (κ2) is 5.14. The highest BCUT2D eigenvalue weighted by molar-refractivity contribution is 6.32. The number of halogens is 1. The number of benzene rings is 2. The van der Waals surface area contributed by atoms with E-state index < -0.39 is 0 Å². The van der Waals surface area contributed by atoms with Crippen LogP contribution < -0.4 is 10.5 Å². The normalized spacial score (nSPS) is 11.4. The lowest BCUT2D eigenvalue weighted by Gasteiger charge is -2.19. The molecule has 2 aromatic carbocycles. The summed E-state index contributed by atoms with van der Waals surface area (Å²) in [6, 6.07) is 13.3. The largest absolute Gasteiger partial charge is 0.456 e. The van der Waals surface area contributed by atoms with Gasteiger partial charge in [-0.3, -0.25) is 0 Å². The van der Waals surface area contributed by atoms with Crippen LogP contribution in [0.2, 0.25) is 5.02 Å². The van der Waals surface area contributed by atoms with Gasteiger partial charge < -0.3 is 10.5 Å². The van der Waals surface area contributed by atoms with Crippen molar-refractivity contribution in [2.75, 3.05) is 5.73 Å². The number of hydrogen-bond donors (Lipinski definition) is 1. The number of hydrogen-bond acceptors (Lipinski definition) is 2. The first-order valence-electron chi connectivity index (χ1n) is 6.20. The second-order valence-electron chi connectivity index (χ2n) is 5.57. The van der Waals surface area contributed by atoms with E-state index in [9.17, 15) is 0 Å². The van der Waals surface area contributed by atoms with Crippen LogP contribution in [0.15, 0.2) is 42.5 Å². The molecule has 0 amide bonds. The zero-order chi connectivity index (χ0) is 14.0. The summed E-state index contributed by atoms with van der Waals surface area (Å²) in [6.45, 7) is 6.54. The average molecular weight is 276 g/mol. The highest BCUT2D eigenvalue weighted by Gasteiger charge is 2.13. The fourth-order valence-electron chi connectivity index (χ4n) is 1.75. The Labute approximate surface area is 119 Å². The van der Waals surface area contributed by atoms with Crippen LogP contribution in [0, 0.1) is 0 Å². The number of rotatable bonds is 2. The van der Waals surface area contributed by atoms with Crippen LogP contribution in [0.5, 0.6) is 11.5 Å². The van der Waals surface area contributed by atoms with Gasteiger partial charge in [-0.2, -0.15) is 0 Å². The van der Waals surface area contributed by atoms with Gasteiger partial charge in [0.2, 0.25) is 0 Å². The molecule has 0 aliphatic carbocycles. The molecule has 2 rings (SSSR count). The van der Waals surface area contributed by atoms with E-state index in [4.69, 9.17) is 22.1 Å². The van der Waals surface area contributed by atoms with Crippen molar-refractivity contribution >= 4 is 17.3 Å². The third-order valence-corrected chi connectivity index (χ3v) is 3.20. The van der Waals surface area contributed by atoms with E-state index in [1.807, 2.05) is 12.1 Å². The molecular formula is C16H18ClNO. The zero-order valence-electron chi connectivity index (χ0n) is 11.4. The smallest absolute Gasteiger partial charge is 0.146 e. The molecule has 0 bridgehead atoms. The van der Waals surface area contributed by atoms with Gasteiger partial charge in [-0.25, -0.2) is 0 Å². The van der Waals surface area contributed by atoms with Crippen LogP contribution in [0.3, 0.4) is 0 Å². The monoisotopic (exact) mass is 275 g/mol. The van der Waals surface area contributed by atoms with Gasteiger partial charge in [0.25, 0.3) is 0 Å². The van der Waals surface area contributed by atoms with Crippen LogP contribution in [0.4, 0.5) is 5.69 Å². The lowest BCUT2D eigenvalue weighted by Crippen LogP contribution is -2.10. The third-order valence-electron chi connectivity index (χ3n) is 2.90. The molecule has 0 radical (unpaired) electrons. The molecule has 2 nitrogen and oxygen atoms in total. The predicted molar refractivity (Wildman–Crippen MR) is 81.1 cm³/mol. The number of nitrogens with two attached hydrogens (primary N) is 1. The van der Waals surface area contributed by atoms with Gasteiger partial charge in [-0.1, -0.05) is 44.5 Å². The van der Waals surface area contributed by atoms with Crippen molar-refractivity contribution in [2.45, 2.75) is 26.2 Å². The Morgan fingerprint density at radius 2 is 1.63 bits per heavy atom. The van der Waals surface area contributed by atoms with Crippen molar-refractivity contribution < 1.29 is 4.74 Å². The number of nitrogen functional groups attached to an aromatic ring is 1. The van der Waals surface area contributed by atoms with Gasteiger partial charge >= 0.3 is 0 Å². The van der Waals surface area contributed by atoms with Gasteiger partial charge in [0.15, 0.2) is 0 Å². The summed E-state index contributed by atoms with van der Waals surface area (Å²) in [4.78, 5) is 0. The minimum Gasteiger partial charge on any atom is -0.456 e. The van der Waals surface area contributed by atoms with Crippen molar-refractivity contribution in [3.63, 3.8) is 0 Å². The Kier molecular flexibility index (Phi) is 3.72. The summed E-state index contributed by atoms with van der Waals surface area (Å²) >= 11 is 6.08. The standard InChI is InChI=1S/C16H18ClNO/c1-16(2,3)11-4-7-13(8-5-11)19-15-9-6-12(18)10-14(15)17/h4-10H,18H2,1-3H3. The van der Waals surface area contributed by atoms with E-state index in [2.05, 4.69) is 32.9 Å². The molecule has 0 fully saturated rings. The molecule has 0 saturated carbocycles. The highest BCUT2D eigenvalue weighted by Crippen LogP contribution is 2.32. The van der Waals surface area contributed by atoms with Crippen molar-refractivity contribution in [2.24, 2.45) is 0 Å². The summed E-state index contributed by atoms with van der Waals surface area (Å²) < 4.78 is 5.74. The molecule has 100 valence electrons. The van der Waals surface area contributed by atoms with Crippen molar-refractivity contribution in [1.82, 2.24) is 0 Å². The molecule has 0 aliphatic rings. The van der Waals surface area contributed by atoms with Crippen LogP contribution >= 0.6 is 11.6 Å². The summed E-state index contributed by atoms with van der Waals surface area (Å²) in [5, 5.41) is 0.514. The minimum absolute atomic E-state index is 0.136. The molecule has 2 aromatic rings. The summed E-state index contributed by atoms with van der Waals surface area (Å²) in [7, 11) is 0. The Morgan fingerprint density at radius 1 is 1.00 bits per heavy atom. The van der Waals surface area contributed by atoms with Crippen molar-refractivity contribution in [3.8, 4) is 11.5 Å². The lowest BCUT2D eigenvalue weighted by molar-refractivity contribution is 0.482. The fourth-order valence-corrected chi connectivity index (χ4v) is 1.98. The molecule has 0 unspecified atom stereocenters. The van der Waals surface area contributed by atoms with Crippen LogP contribution in [-0.4, -0.2) is 0 Å². The molecule has 2 N–H and O–H groups in total. The van der Waals surface area contributed by atoms with Crippen LogP contribution in [-0.2, 0) is 5.41 Å². The van der Waals surface area contributed by atoms with Gasteiger partial charge in [0, 0.05) is 5.69 Å². The summed E-state index contributed by atoms with van der Waals surface area (Å²) in [5.41, 5.74) is 7.68. The van der Waals surface area contributed by atoms with Gasteiger partial charge in [-0.05, 0) is 41.3 Å². The number of anilines is 1. The first-order valence-corrected chi connectivity index (χ1v) is 6.57. The van der Waals surface area contributed by atoms with E-state index in [1.54, 1.807) is 18.2 Å². The second-order valence-corrected chi connectivity index (χ2v) is 5.97. The van der Waals surface area contributed by atoms with Crippen LogP contribution in [0.25, 0.3) is 0 Å². The van der Waals surface area contributed by atoms with E-state index >= 15 is 0 Å². The molecule has 0 aromatic heterocycles. The quantitative estimate of drug-likeness (QED) is 0.782. The predicted octanol–water partition coefficient (Wildman–Crippen LogP) is 5.01. The molecule has 19 heavy (non-hydrogen) atoms. The third kappa shape index (κ3) is 3.42. The molecule has 0 atom stereocenters. The van der Waals surface area contributed by atoms with Crippen molar-refractivity contribution in [1.29, 1.82) is 0 Å². The molecule has 0 spiro atoms. The lowest BCUT2D eigenvalue weighted by atomic mass is 9.87. The van der Waals surface area contributed by atoms with Gasteiger partial charge in [0.05, 0.1) is 5.02 Å². The molecule has 0 saturated heterocycles. The average Bonchev–Trinajstić information content (AvgIpc) is 2.32. The molecule has 0 heterocycles.